The summed E-state index contributed by atoms with van der Waals surface area (Å²) in [4.78, 5) is 25.4. The fraction of sp³-hybridized carbons (Fsp3) is 0.875. The van der Waals surface area contributed by atoms with Crippen molar-refractivity contribution in [2.75, 3.05) is 6.61 Å². The first kappa shape index (κ1) is 26.8. The van der Waals surface area contributed by atoms with Crippen LogP contribution in [0, 0.1) is 56.7 Å². The Bertz CT molecular complexity index is 1080. The molecule has 38 heavy (non-hydrogen) atoms. The van der Waals surface area contributed by atoms with Gasteiger partial charge in [-0.2, -0.15) is 0 Å². The topological polar surface area (TPSA) is 93.1 Å². The van der Waals surface area contributed by atoms with Crippen LogP contribution in [0.5, 0.6) is 0 Å². The Hall–Kier alpha value is -1.40. The van der Waals surface area contributed by atoms with Gasteiger partial charge in [0.15, 0.2) is 5.79 Å². The Labute approximate surface area is 227 Å². The molecular weight excluding hydrogens is 480 g/mol. The fourth-order valence-corrected chi connectivity index (χ4v) is 11.7. The lowest BCUT2D eigenvalue weighted by atomic mass is 9.32. The smallest absolute Gasteiger partial charge is 0.314 e. The number of aliphatic hydroxyl groups is 1. The SMILES string of the molecule is CC(=O)O[C@@H]1C[C@@H](C)[C@H](C)C2C3=CCC4[C@]56CC[C@](O)(OC5)C(C)(C)C6CC[C@@]4(C)[C@]3(C)CC[C@]21C(=O)O. The molecule has 0 amide bonds. The van der Waals surface area contributed by atoms with Crippen molar-refractivity contribution >= 4 is 11.9 Å². The molecule has 2 N–H and O–H groups in total. The minimum absolute atomic E-state index is 0.0157. The molecule has 5 aliphatic carbocycles. The molecule has 0 aromatic rings. The summed E-state index contributed by atoms with van der Waals surface area (Å²) in [5.41, 5.74) is -0.106. The summed E-state index contributed by atoms with van der Waals surface area (Å²) in [5.74, 6) is -1.05. The minimum atomic E-state index is -1.07. The Morgan fingerprint density at radius 2 is 1.74 bits per heavy atom. The quantitative estimate of drug-likeness (QED) is 0.339. The first-order valence-corrected chi connectivity index (χ1v) is 15.1. The Balaban J connectivity index is 1.47. The number of hydrogen-bond donors (Lipinski definition) is 2. The standard InChI is InChI=1S/C32H48O6/c1-18-16-24(38-20(3)33)31(26(34)35)14-12-28(6)21(25(31)19(18)2)8-9-23-29(28,7)11-10-22-27(4,5)32(36)15-13-30(22,23)17-37-32/h8,18-19,22-25,36H,9-17H2,1-7H3,(H,34,35)/t18-,19+,22?,23?,24-,25?,28-,29-,30-,31-,32+/m1/s1. The summed E-state index contributed by atoms with van der Waals surface area (Å²) < 4.78 is 12.2. The van der Waals surface area contributed by atoms with E-state index in [4.69, 9.17) is 9.47 Å². The molecule has 0 aromatic carbocycles. The highest BCUT2D eigenvalue weighted by molar-refractivity contribution is 5.78. The highest BCUT2D eigenvalue weighted by Crippen LogP contribution is 2.78. The molecule has 2 aliphatic heterocycles. The van der Waals surface area contributed by atoms with Gasteiger partial charge in [-0.25, -0.2) is 0 Å². The van der Waals surface area contributed by atoms with Crippen molar-refractivity contribution in [3.63, 3.8) is 0 Å². The number of hydrogen-bond acceptors (Lipinski definition) is 5. The van der Waals surface area contributed by atoms with Gasteiger partial charge in [0.2, 0.25) is 0 Å². The second-order valence-corrected chi connectivity index (χ2v) is 15.3. The van der Waals surface area contributed by atoms with E-state index in [9.17, 15) is 19.8 Å². The van der Waals surface area contributed by atoms with Crippen LogP contribution in [0.25, 0.3) is 0 Å². The molecule has 3 unspecified atom stereocenters. The van der Waals surface area contributed by atoms with Crippen LogP contribution in [-0.2, 0) is 19.1 Å². The predicted octanol–water partition coefficient (Wildman–Crippen LogP) is 5.97. The van der Waals surface area contributed by atoms with Crippen molar-refractivity contribution in [2.45, 2.75) is 112 Å². The molecule has 2 saturated heterocycles. The number of fused-ring (bicyclic) bond motifs is 7. The van der Waals surface area contributed by atoms with Crippen LogP contribution in [-0.4, -0.2) is 40.6 Å². The van der Waals surface area contributed by atoms with Crippen LogP contribution in [0.1, 0.15) is 99.8 Å². The number of aliphatic carboxylic acids is 1. The summed E-state index contributed by atoms with van der Waals surface area (Å²) in [6, 6.07) is 0. The van der Waals surface area contributed by atoms with Gasteiger partial charge in [0, 0.05) is 30.1 Å². The summed E-state index contributed by atoms with van der Waals surface area (Å²) in [6.07, 6.45) is 8.57. The monoisotopic (exact) mass is 528 g/mol. The predicted molar refractivity (Wildman–Crippen MR) is 143 cm³/mol. The highest BCUT2D eigenvalue weighted by atomic mass is 16.6. The van der Waals surface area contributed by atoms with Crippen LogP contribution in [0.2, 0.25) is 0 Å². The number of carbonyl (C=O) groups excluding carboxylic acids is 1. The van der Waals surface area contributed by atoms with Gasteiger partial charge in [-0.1, -0.05) is 53.2 Å². The molecule has 2 heterocycles. The van der Waals surface area contributed by atoms with Crippen LogP contribution in [0.15, 0.2) is 11.6 Å². The van der Waals surface area contributed by atoms with Crippen LogP contribution in [0.4, 0.5) is 0 Å². The maximum absolute atomic E-state index is 13.2. The van der Waals surface area contributed by atoms with Crippen molar-refractivity contribution < 1.29 is 29.3 Å². The summed E-state index contributed by atoms with van der Waals surface area (Å²) in [7, 11) is 0. The Morgan fingerprint density at radius 3 is 2.34 bits per heavy atom. The van der Waals surface area contributed by atoms with Crippen molar-refractivity contribution in [3.8, 4) is 0 Å². The van der Waals surface area contributed by atoms with Gasteiger partial charge in [-0.15, -0.1) is 0 Å². The number of rotatable bonds is 2. The maximum Gasteiger partial charge on any atom is 0.314 e. The molecule has 1 spiro atoms. The second kappa shape index (κ2) is 7.87. The normalized spacial score (nSPS) is 54.5. The van der Waals surface area contributed by atoms with E-state index in [-0.39, 0.29) is 45.4 Å². The molecule has 7 aliphatic rings. The van der Waals surface area contributed by atoms with Crippen molar-refractivity contribution in [3.05, 3.63) is 11.6 Å². The first-order valence-electron chi connectivity index (χ1n) is 15.1. The molecule has 4 saturated carbocycles. The van der Waals surface area contributed by atoms with E-state index in [2.05, 4.69) is 47.6 Å². The van der Waals surface area contributed by atoms with Gasteiger partial charge in [-0.3, -0.25) is 9.59 Å². The van der Waals surface area contributed by atoms with Gasteiger partial charge in [0.25, 0.3) is 0 Å². The second-order valence-electron chi connectivity index (χ2n) is 15.3. The molecule has 212 valence electrons. The molecule has 0 aromatic heterocycles. The van der Waals surface area contributed by atoms with E-state index in [1.54, 1.807) is 0 Å². The van der Waals surface area contributed by atoms with Crippen molar-refractivity contribution in [1.29, 1.82) is 0 Å². The van der Waals surface area contributed by atoms with E-state index < -0.39 is 23.3 Å². The molecule has 6 fully saturated rings. The van der Waals surface area contributed by atoms with Gasteiger partial charge < -0.3 is 19.7 Å². The average molecular weight is 529 g/mol. The molecule has 11 atom stereocenters. The largest absolute Gasteiger partial charge is 0.481 e. The lowest BCUT2D eigenvalue weighted by Gasteiger charge is -2.74. The lowest BCUT2D eigenvalue weighted by molar-refractivity contribution is -0.395. The minimum Gasteiger partial charge on any atom is -0.481 e. The summed E-state index contributed by atoms with van der Waals surface area (Å²) in [5, 5.41) is 22.2. The van der Waals surface area contributed by atoms with Crippen molar-refractivity contribution in [2.24, 2.45) is 56.7 Å². The Morgan fingerprint density at radius 1 is 1.03 bits per heavy atom. The number of esters is 1. The van der Waals surface area contributed by atoms with Gasteiger partial charge in [-0.05, 0) is 79.4 Å². The van der Waals surface area contributed by atoms with E-state index in [0.29, 0.717) is 37.7 Å². The summed E-state index contributed by atoms with van der Waals surface area (Å²) >= 11 is 0. The van der Waals surface area contributed by atoms with Crippen molar-refractivity contribution in [1.82, 2.24) is 0 Å². The lowest BCUT2D eigenvalue weighted by Crippen LogP contribution is -2.73. The van der Waals surface area contributed by atoms with Gasteiger partial charge in [0.1, 0.15) is 11.5 Å². The van der Waals surface area contributed by atoms with Crippen LogP contribution in [0.3, 0.4) is 0 Å². The van der Waals surface area contributed by atoms with Crippen LogP contribution >= 0.6 is 0 Å². The molecular formula is C32H48O6. The third kappa shape index (κ3) is 2.87. The zero-order valence-corrected chi connectivity index (χ0v) is 24.4. The summed E-state index contributed by atoms with van der Waals surface area (Å²) in [6.45, 7) is 15.8. The average Bonchev–Trinajstić information content (AvgIpc) is 2.83. The third-order valence-corrected chi connectivity index (χ3v) is 14.2. The van der Waals surface area contributed by atoms with Crippen LogP contribution < -0.4 is 0 Å². The fourth-order valence-electron chi connectivity index (χ4n) is 11.7. The molecule has 6 heteroatoms. The van der Waals surface area contributed by atoms with E-state index in [1.807, 2.05) is 0 Å². The maximum atomic E-state index is 13.2. The van der Waals surface area contributed by atoms with Gasteiger partial charge >= 0.3 is 11.9 Å². The number of allylic oxidation sites excluding steroid dienone is 2. The van der Waals surface area contributed by atoms with E-state index >= 15 is 0 Å². The third-order valence-electron chi connectivity index (χ3n) is 14.2. The Kier molecular flexibility index (Phi) is 5.55. The number of carbonyl (C=O) groups is 2. The zero-order chi connectivity index (χ0) is 27.7. The molecule has 2 bridgehead atoms. The van der Waals surface area contributed by atoms with E-state index in [1.165, 1.54) is 12.5 Å². The van der Waals surface area contributed by atoms with Gasteiger partial charge in [0.05, 0.1) is 6.61 Å². The molecule has 7 rings (SSSR count). The first-order chi connectivity index (χ1) is 17.6. The molecule has 6 nitrogen and oxygen atoms in total. The number of carboxylic acids is 1. The zero-order valence-electron chi connectivity index (χ0n) is 24.4. The van der Waals surface area contributed by atoms with E-state index in [0.717, 1.165) is 32.1 Å². The molecule has 0 radical (unpaired) electrons. The number of carboxylic acid groups (broad SMARTS) is 1. The highest BCUT2D eigenvalue weighted by Gasteiger charge is 2.75. The number of ether oxygens (including phenoxy) is 2.